The number of benzene rings is 2. The molecule has 0 radical (unpaired) electrons. The van der Waals surface area contributed by atoms with Crippen LogP contribution in [0.5, 0.6) is 11.5 Å². The second kappa shape index (κ2) is 7.98. The molecule has 0 heterocycles. The molecule has 24 heavy (non-hydrogen) atoms. The molecular weight excluding hydrogens is 334 g/mol. The minimum Gasteiger partial charge on any atom is -0.508 e. The first kappa shape index (κ1) is 17.3. The van der Waals surface area contributed by atoms with E-state index in [1.54, 1.807) is 18.2 Å². The van der Waals surface area contributed by atoms with Crippen molar-refractivity contribution in [3.8, 4) is 11.5 Å². The van der Waals surface area contributed by atoms with Crippen molar-refractivity contribution in [1.29, 1.82) is 0 Å². The van der Waals surface area contributed by atoms with E-state index in [-0.39, 0.29) is 18.0 Å². The molecule has 8 heteroatoms. The van der Waals surface area contributed by atoms with Crippen LogP contribution in [0.3, 0.4) is 0 Å². The Balaban J connectivity index is 1.83. The molecule has 0 aliphatic carbocycles. The molecule has 0 spiro atoms. The van der Waals surface area contributed by atoms with Gasteiger partial charge in [-0.3, -0.25) is 9.59 Å². The summed E-state index contributed by atoms with van der Waals surface area (Å²) in [6, 6.07) is 10.3. The number of phenols is 2. The minimum atomic E-state index is -0.542. The number of amides is 2. The summed E-state index contributed by atoms with van der Waals surface area (Å²) in [6.45, 7) is -0.274. The molecule has 0 saturated carbocycles. The van der Waals surface area contributed by atoms with E-state index >= 15 is 0 Å². The Morgan fingerprint density at radius 1 is 1.17 bits per heavy atom. The Hall–Kier alpha value is -3.06. The van der Waals surface area contributed by atoms with Crippen molar-refractivity contribution < 1.29 is 19.8 Å². The van der Waals surface area contributed by atoms with Crippen LogP contribution < -0.4 is 10.7 Å². The topological polar surface area (TPSA) is 111 Å². The third-order valence-corrected chi connectivity index (χ3v) is 3.14. The molecule has 2 rings (SSSR count). The number of aromatic hydroxyl groups is 2. The Bertz CT molecular complexity index is 793. The van der Waals surface area contributed by atoms with Gasteiger partial charge in [-0.05, 0) is 30.3 Å². The van der Waals surface area contributed by atoms with Crippen molar-refractivity contribution in [2.45, 2.75) is 0 Å². The molecule has 2 amide bonds. The molecule has 0 aliphatic heterocycles. The van der Waals surface area contributed by atoms with Crippen molar-refractivity contribution in [2.24, 2.45) is 5.10 Å². The average molecular weight is 348 g/mol. The molecule has 2 aromatic carbocycles. The van der Waals surface area contributed by atoms with Gasteiger partial charge in [-0.15, -0.1) is 0 Å². The molecular formula is C16H14ClN3O4. The van der Waals surface area contributed by atoms with Crippen LogP contribution in [0.25, 0.3) is 0 Å². The van der Waals surface area contributed by atoms with E-state index < -0.39 is 11.8 Å². The highest BCUT2D eigenvalue weighted by Crippen LogP contribution is 2.20. The SMILES string of the molecule is O=C(CNC(=O)c1cccc(Cl)c1)N/N=C\c1ccc(O)cc1O. The van der Waals surface area contributed by atoms with Crippen LogP contribution in [0, 0.1) is 0 Å². The predicted octanol–water partition coefficient (Wildman–Crippen LogP) is 1.63. The van der Waals surface area contributed by atoms with Crippen LogP contribution in [0.4, 0.5) is 0 Å². The maximum absolute atomic E-state index is 11.8. The van der Waals surface area contributed by atoms with Crippen LogP contribution in [0.1, 0.15) is 15.9 Å². The second-order valence-electron chi connectivity index (χ2n) is 4.73. The smallest absolute Gasteiger partial charge is 0.259 e. The van der Waals surface area contributed by atoms with Gasteiger partial charge in [-0.25, -0.2) is 5.43 Å². The van der Waals surface area contributed by atoms with Crippen molar-refractivity contribution in [1.82, 2.24) is 10.7 Å². The van der Waals surface area contributed by atoms with Gasteiger partial charge < -0.3 is 15.5 Å². The van der Waals surface area contributed by atoms with Gasteiger partial charge in [0, 0.05) is 22.2 Å². The number of carbonyl (C=O) groups excluding carboxylic acids is 2. The molecule has 0 saturated heterocycles. The highest BCUT2D eigenvalue weighted by molar-refractivity contribution is 6.30. The van der Waals surface area contributed by atoms with E-state index in [1.807, 2.05) is 0 Å². The van der Waals surface area contributed by atoms with Gasteiger partial charge in [0.1, 0.15) is 11.5 Å². The van der Waals surface area contributed by atoms with Crippen LogP contribution in [0.15, 0.2) is 47.6 Å². The highest BCUT2D eigenvalue weighted by Gasteiger charge is 2.08. The fourth-order valence-corrected chi connectivity index (χ4v) is 1.94. The van der Waals surface area contributed by atoms with Gasteiger partial charge in [-0.2, -0.15) is 5.10 Å². The summed E-state index contributed by atoms with van der Waals surface area (Å²) < 4.78 is 0. The Kier molecular flexibility index (Phi) is 5.75. The Morgan fingerprint density at radius 3 is 2.67 bits per heavy atom. The lowest BCUT2D eigenvalue weighted by Gasteiger charge is -2.04. The molecule has 0 aromatic heterocycles. The normalized spacial score (nSPS) is 10.5. The lowest BCUT2D eigenvalue weighted by molar-refractivity contribution is -0.120. The number of hydrogen-bond acceptors (Lipinski definition) is 5. The molecule has 0 fully saturated rings. The van der Waals surface area contributed by atoms with Crippen molar-refractivity contribution in [3.05, 3.63) is 58.6 Å². The number of hydrogen-bond donors (Lipinski definition) is 4. The van der Waals surface area contributed by atoms with E-state index in [9.17, 15) is 14.7 Å². The number of nitrogens with zero attached hydrogens (tertiary/aromatic N) is 1. The molecule has 0 atom stereocenters. The molecule has 7 nitrogen and oxygen atoms in total. The summed E-state index contributed by atoms with van der Waals surface area (Å²) in [5.74, 6) is -1.24. The molecule has 0 unspecified atom stereocenters. The average Bonchev–Trinajstić information content (AvgIpc) is 2.54. The van der Waals surface area contributed by atoms with E-state index in [0.29, 0.717) is 16.1 Å². The zero-order chi connectivity index (χ0) is 17.5. The fourth-order valence-electron chi connectivity index (χ4n) is 1.75. The van der Waals surface area contributed by atoms with E-state index in [1.165, 1.54) is 24.4 Å². The largest absolute Gasteiger partial charge is 0.508 e. The summed E-state index contributed by atoms with van der Waals surface area (Å²) in [5.41, 5.74) is 2.86. The van der Waals surface area contributed by atoms with Gasteiger partial charge >= 0.3 is 0 Å². The monoisotopic (exact) mass is 347 g/mol. The molecule has 2 aromatic rings. The minimum absolute atomic E-state index is 0.0857. The van der Waals surface area contributed by atoms with Crippen molar-refractivity contribution in [2.75, 3.05) is 6.54 Å². The summed E-state index contributed by atoms with van der Waals surface area (Å²) in [5, 5.41) is 25.2. The van der Waals surface area contributed by atoms with Gasteiger partial charge in [0.25, 0.3) is 11.8 Å². The first-order valence-corrected chi connectivity index (χ1v) is 7.21. The maximum Gasteiger partial charge on any atom is 0.259 e. The van der Waals surface area contributed by atoms with Crippen LogP contribution in [-0.2, 0) is 4.79 Å². The number of rotatable bonds is 5. The number of phenolic OH excluding ortho intramolecular Hbond substituents is 2. The van der Waals surface area contributed by atoms with Gasteiger partial charge in [0.15, 0.2) is 0 Å². The maximum atomic E-state index is 11.8. The second-order valence-corrected chi connectivity index (χ2v) is 5.17. The van der Waals surface area contributed by atoms with Gasteiger partial charge in [-0.1, -0.05) is 17.7 Å². The first-order valence-electron chi connectivity index (χ1n) is 6.83. The van der Waals surface area contributed by atoms with Crippen molar-refractivity contribution in [3.63, 3.8) is 0 Å². The summed E-state index contributed by atoms with van der Waals surface area (Å²) >= 11 is 5.79. The highest BCUT2D eigenvalue weighted by atomic mass is 35.5. The van der Waals surface area contributed by atoms with Crippen LogP contribution in [-0.4, -0.2) is 34.8 Å². The fraction of sp³-hybridized carbons (Fsp3) is 0.0625. The van der Waals surface area contributed by atoms with E-state index in [0.717, 1.165) is 6.07 Å². The Morgan fingerprint density at radius 2 is 1.96 bits per heavy atom. The number of hydrazone groups is 1. The van der Waals surface area contributed by atoms with Gasteiger partial charge in [0.2, 0.25) is 0 Å². The quantitative estimate of drug-likeness (QED) is 0.486. The molecule has 4 N–H and O–H groups in total. The number of nitrogens with one attached hydrogen (secondary N) is 2. The lowest BCUT2D eigenvalue weighted by Crippen LogP contribution is -2.34. The summed E-state index contributed by atoms with van der Waals surface area (Å²) in [4.78, 5) is 23.4. The third-order valence-electron chi connectivity index (χ3n) is 2.90. The van der Waals surface area contributed by atoms with E-state index in [2.05, 4.69) is 15.8 Å². The molecule has 0 bridgehead atoms. The summed E-state index contributed by atoms with van der Waals surface area (Å²) in [6.07, 6.45) is 1.21. The molecule has 0 aliphatic rings. The zero-order valence-corrected chi connectivity index (χ0v) is 13.1. The molecule has 124 valence electrons. The van der Waals surface area contributed by atoms with Crippen molar-refractivity contribution >= 4 is 29.6 Å². The zero-order valence-electron chi connectivity index (χ0n) is 12.4. The summed E-state index contributed by atoms with van der Waals surface area (Å²) in [7, 11) is 0. The predicted molar refractivity (Wildman–Crippen MR) is 89.3 cm³/mol. The third kappa shape index (κ3) is 4.99. The lowest BCUT2D eigenvalue weighted by atomic mass is 10.2. The Labute approximate surface area is 142 Å². The van der Waals surface area contributed by atoms with E-state index in [4.69, 9.17) is 16.7 Å². The van der Waals surface area contributed by atoms with Gasteiger partial charge in [0.05, 0.1) is 12.8 Å². The van der Waals surface area contributed by atoms with Crippen LogP contribution in [0.2, 0.25) is 5.02 Å². The number of halogens is 1. The standard InChI is InChI=1S/C16H14ClN3O4/c17-12-3-1-2-10(6-12)16(24)18-9-15(23)20-19-8-11-4-5-13(21)7-14(11)22/h1-8,21-22H,9H2,(H,18,24)(H,20,23)/b19-8-. The first-order chi connectivity index (χ1) is 11.5. The number of carbonyl (C=O) groups is 2. The van der Waals surface area contributed by atoms with Crippen LogP contribution >= 0.6 is 11.6 Å².